The number of carbonyl (C=O) groups is 1. The van der Waals surface area contributed by atoms with Crippen LogP contribution in [0.1, 0.15) is 18.4 Å². The van der Waals surface area contributed by atoms with Gasteiger partial charge in [0.05, 0.1) is 5.02 Å². The Labute approximate surface area is 130 Å². The first-order chi connectivity index (χ1) is 10.1. The number of halogens is 1. The monoisotopic (exact) mass is 312 g/mol. The molecule has 1 aliphatic heterocycles. The first-order valence-corrected chi connectivity index (χ1v) is 7.41. The van der Waals surface area contributed by atoms with Crippen molar-refractivity contribution in [3.8, 4) is 5.75 Å². The fourth-order valence-electron chi connectivity index (χ4n) is 2.45. The van der Waals surface area contributed by atoms with E-state index in [1.54, 1.807) is 6.07 Å². The molecule has 1 saturated heterocycles. The highest BCUT2D eigenvalue weighted by Gasteiger charge is 2.18. The average Bonchev–Trinajstić information content (AvgIpc) is 2.47. The van der Waals surface area contributed by atoms with Gasteiger partial charge in [-0.1, -0.05) is 17.7 Å². The molecule has 1 fully saturated rings. The molecule has 0 saturated carbocycles. The number of rotatable bonds is 6. The van der Waals surface area contributed by atoms with E-state index in [1.807, 2.05) is 12.1 Å². The Balaban J connectivity index is 1.94. The topological polar surface area (TPSA) is 64.8 Å². The van der Waals surface area contributed by atoms with Crippen molar-refractivity contribution >= 4 is 17.5 Å². The van der Waals surface area contributed by atoms with E-state index in [2.05, 4.69) is 11.9 Å². The largest absolute Gasteiger partial charge is 0.482 e. The Morgan fingerprint density at radius 1 is 1.48 bits per heavy atom. The Morgan fingerprint density at radius 2 is 2.19 bits per heavy atom. The fraction of sp³-hybridized carbons (Fsp3) is 0.533. The lowest BCUT2D eigenvalue weighted by Gasteiger charge is -2.31. The lowest BCUT2D eigenvalue weighted by Crippen LogP contribution is -2.36. The maximum Gasteiger partial charge on any atom is 0.255 e. The molecule has 116 valence electrons. The van der Waals surface area contributed by atoms with Crippen LogP contribution >= 0.6 is 11.6 Å². The SMILES string of the molecule is CN(Cc1ccc(OCC(N)=O)c(Cl)c1)C1CCOCC1. The quantitative estimate of drug-likeness (QED) is 0.870. The summed E-state index contributed by atoms with van der Waals surface area (Å²) in [6, 6.07) is 6.15. The summed E-state index contributed by atoms with van der Waals surface area (Å²) in [6.07, 6.45) is 2.12. The molecule has 1 heterocycles. The number of ether oxygens (including phenoxy) is 2. The van der Waals surface area contributed by atoms with Gasteiger partial charge in [-0.3, -0.25) is 9.69 Å². The van der Waals surface area contributed by atoms with Crippen molar-refractivity contribution in [1.29, 1.82) is 0 Å². The van der Waals surface area contributed by atoms with Gasteiger partial charge in [0, 0.05) is 25.8 Å². The van der Waals surface area contributed by atoms with E-state index in [4.69, 9.17) is 26.8 Å². The molecule has 1 aliphatic rings. The summed E-state index contributed by atoms with van der Waals surface area (Å²) in [5.74, 6) is -0.0395. The summed E-state index contributed by atoms with van der Waals surface area (Å²) in [5, 5.41) is 0.495. The molecule has 0 unspecified atom stereocenters. The first kappa shape index (κ1) is 16.1. The number of benzene rings is 1. The van der Waals surface area contributed by atoms with Crippen LogP contribution in [0.25, 0.3) is 0 Å². The van der Waals surface area contributed by atoms with Gasteiger partial charge < -0.3 is 15.2 Å². The van der Waals surface area contributed by atoms with Crippen molar-refractivity contribution in [3.63, 3.8) is 0 Å². The van der Waals surface area contributed by atoms with Crippen LogP contribution in [0.15, 0.2) is 18.2 Å². The second-order valence-electron chi connectivity index (χ2n) is 5.28. The number of nitrogens with zero attached hydrogens (tertiary/aromatic N) is 1. The highest BCUT2D eigenvalue weighted by Crippen LogP contribution is 2.26. The summed E-state index contributed by atoms with van der Waals surface area (Å²) < 4.78 is 10.6. The van der Waals surface area contributed by atoms with Gasteiger partial charge in [0.2, 0.25) is 0 Å². The van der Waals surface area contributed by atoms with E-state index in [1.165, 1.54) is 0 Å². The average molecular weight is 313 g/mol. The molecule has 1 aromatic carbocycles. The van der Waals surface area contributed by atoms with Gasteiger partial charge in [-0.25, -0.2) is 0 Å². The zero-order valence-corrected chi connectivity index (χ0v) is 12.9. The number of nitrogens with two attached hydrogens (primary N) is 1. The Morgan fingerprint density at radius 3 is 2.81 bits per heavy atom. The smallest absolute Gasteiger partial charge is 0.255 e. The normalized spacial score (nSPS) is 16.1. The number of amides is 1. The highest BCUT2D eigenvalue weighted by atomic mass is 35.5. The van der Waals surface area contributed by atoms with E-state index < -0.39 is 5.91 Å². The van der Waals surface area contributed by atoms with Crippen LogP contribution in [0.3, 0.4) is 0 Å². The van der Waals surface area contributed by atoms with Gasteiger partial charge in [-0.2, -0.15) is 0 Å². The fourth-order valence-corrected chi connectivity index (χ4v) is 2.71. The molecule has 0 radical (unpaired) electrons. The van der Waals surface area contributed by atoms with Crippen molar-refractivity contribution in [2.45, 2.75) is 25.4 Å². The van der Waals surface area contributed by atoms with Crippen molar-refractivity contribution in [3.05, 3.63) is 28.8 Å². The third kappa shape index (κ3) is 4.88. The maximum atomic E-state index is 10.7. The van der Waals surface area contributed by atoms with Crippen LogP contribution in [0, 0.1) is 0 Å². The standard InChI is InChI=1S/C15H21ClN2O3/c1-18(12-4-6-20-7-5-12)9-11-2-3-14(13(16)8-11)21-10-15(17)19/h2-3,8,12H,4-7,9-10H2,1H3,(H2,17,19). The second kappa shape index (κ2) is 7.64. The van der Waals surface area contributed by atoms with Crippen LogP contribution in [-0.4, -0.2) is 43.7 Å². The minimum Gasteiger partial charge on any atom is -0.482 e. The van der Waals surface area contributed by atoms with Gasteiger partial charge in [0.15, 0.2) is 6.61 Å². The van der Waals surface area contributed by atoms with Crippen LogP contribution in [0.5, 0.6) is 5.75 Å². The van der Waals surface area contributed by atoms with E-state index in [-0.39, 0.29) is 6.61 Å². The highest BCUT2D eigenvalue weighted by molar-refractivity contribution is 6.32. The zero-order valence-electron chi connectivity index (χ0n) is 12.2. The predicted molar refractivity (Wildman–Crippen MR) is 81.4 cm³/mol. The minimum absolute atomic E-state index is 0.166. The van der Waals surface area contributed by atoms with Gasteiger partial charge in [-0.05, 0) is 37.6 Å². The number of carbonyl (C=O) groups excluding carboxylic acids is 1. The summed E-state index contributed by atoms with van der Waals surface area (Å²) in [4.78, 5) is 13.0. The van der Waals surface area contributed by atoms with Gasteiger partial charge in [-0.15, -0.1) is 0 Å². The zero-order chi connectivity index (χ0) is 15.2. The second-order valence-corrected chi connectivity index (χ2v) is 5.69. The summed E-state index contributed by atoms with van der Waals surface area (Å²) in [5.41, 5.74) is 6.16. The molecule has 2 N–H and O–H groups in total. The number of primary amides is 1. The third-order valence-electron chi connectivity index (χ3n) is 3.61. The predicted octanol–water partition coefficient (Wildman–Crippen LogP) is 1.81. The summed E-state index contributed by atoms with van der Waals surface area (Å²) in [6.45, 7) is 2.31. The van der Waals surface area contributed by atoms with E-state index in [9.17, 15) is 4.79 Å². The molecule has 1 aromatic rings. The maximum absolute atomic E-state index is 10.7. The van der Waals surface area contributed by atoms with Crippen molar-refractivity contribution in [2.75, 3.05) is 26.9 Å². The van der Waals surface area contributed by atoms with Gasteiger partial charge in [0.25, 0.3) is 5.91 Å². The third-order valence-corrected chi connectivity index (χ3v) is 3.91. The summed E-state index contributed by atoms with van der Waals surface area (Å²) in [7, 11) is 2.11. The van der Waals surface area contributed by atoms with Crippen molar-refractivity contribution in [2.24, 2.45) is 5.73 Å². The van der Waals surface area contributed by atoms with E-state index >= 15 is 0 Å². The van der Waals surface area contributed by atoms with Crippen LogP contribution in [-0.2, 0) is 16.1 Å². The Bertz CT molecular complexity index is 490. The Hall–Kier alpha value is -1.30. The minimum atomic E-state index is -0.519. The molecule has 6 heteroatoms. The lowest BCUT2D eigenvalue weighted by atomic mass is 10.1. The van der Waals surface area contributed by atoms with E-state index in [0.29, 0.717) is 16.8 Å². The molecule has 0 bridgehead atoms. The molecule has 0 atom stereocenters. The summed E-state index contributed by atoms with van der Waals surface area (Å²) >= 11 is 6.17. The molecule has 21 heavy (non-hydrogen) atoms. The molecule has 0 aromatic heterocycles. The molecule has 2 rings (SSSR count). The number of hydrogen-bond donors (Lipinski definition) is 1. The van der Waals surface area contributed by atoms with Crippen molar-refractivity contribution < 1.29 is 14.3 Å². The van der Waals surface area contributed by atoms with Crippen LogP contribution in [0.4, 0.5) is 0 Å². The van der Waals surface area contributed by atoms with Gasteiger partial charge in [0.1, 0.15) is 5.75 Å². The lowest BCUT2D eigenvalue weighted by molar-refractivity contribution is -0.119. The molecule has 1 amide bonds. The van der Waals surface area contributed by atoms with E-state index in [0.717, 1.165) is 38.2 Å². The molecule has 5 nitrogen and oxygen atoms in total. The molecular formula is C15H21ClN2O3. The van der Waals surface area contributed by atoms with Crippen LogP contribution in [0.2, 0.25) is 5.02 Å². The van der Waals surface area contributed by atoms with Crippen LogP contribution < -0.4 is 10.5 Å². The number of hydrogen-bond acceptors (Lipinski definition) is 4. The molecule has 0 aliphatic carbocycles. The van der Waals surface area contributed by atoms with Crippen molar-refractivity contribution in [1.82, 2.24) is 4.90 Å². The molecule has 0 spiro atoms. The Kier molecular flexibility index (Phi) is 5.85. The first-order valence-electron chi connectivity index (χ1n) is 7.04. The molecular weight excluding hydrogens is 292 g/mol. The van der Waals surface area contributed by atoms with Gasteiger partial charge >= 0.3 is 0 Å².